The molecule has 562 valence electrons. The van der Waals surface area contributed by atoms with Crippen molar-refractivity contribution in [1.29, 1.82) is 0 Å². The maximum Gasteiger partial charge on any atom is 0.137 e. The van der Waals surface area contributed by atoms with E-state index in [4.69, 9.17) is 13.3 Å². The Hall–Kier alpha value is -15.7. The van der Waals surface area contributed by atoms with E-state index >= 15 is 0 Å². The Labute approximate surface area is 694 Å². The van der Waals surface area contributed by atoms with Gasteiger partial charge in [-0.05, 0) is 252 Å². The van der Waals surface area contributed by atoms with Crippen LogP contribution in [0.1, 0.15) is 0 Å². The molecule has 20 aromatic carbocycles. The first-order valence-corrected chi connectivity index (χ1v) is 41.6. The Bertz CT molecular complexity index is 8210. The van der Waals surface area contributed by atoms with Gasteiger partial charge in [0.05, 0.1) is 21.5 Å². The number of rotatable bonds is 15. The number of furan rings is 3. The summed E-state index contributed by atoms with van der Waals surface area (Å²) in [6, 6.07) is 154. The molecule has 0 unspecified atom stereocenters. The van der Waals surface area contributed by atoms with Crippen molar-refractivity contribution in [3.63, 3.8) is 0 Å². The minimum atomic E-state index is 0.804. The zero-order valence-corrected chi connectivity index (χ0v) is 65.7. The van der Waals surface area contributed by atoms with Crippen LogP contribution in [0.2, 0.25) is 0 Å². The second-order valence-electron chi connectivity index (χ2n) is 31.0. The molecule has 0 aliphatic rings. The summed E-state index contributed by atoms with van der Waals surface area (Å²) in [6.45, 7) is 0. The van der Waals surface area contributed by atoms with Gasteiger partial charge in [0.2, 0.25) is 0 Å². The lowest BCUT2D eigenvalue weighted by Crippen LogP contribution is -2.14. The number of thiophene rings is 1. The Morgan fingerprint density at radius 3 is 1.09 bits per heavy atom. The van der Waals surface area contributed by atoms with Crippen LogP contribution in [-0.4, -0.2) is 0 Å². The first-order chi connectivity index (χ1) is 59.5. The highest BCUT2D eigenvalue weighted by Gasteiger charge is 2.28. The standard InChI is InChI=1S/C112H70N4O3S/c1-5-30-76(31-6-1)113(80-55-58-106-100(69-80)93-44-21-23-51-104(93)117-106)83-61-75(99-65-72-29-14-16-39-87(72)90-41-18-20-43-92(90)99)63-85(68-83)116(79-36-11-4-12-37-79)103-50-26-48-96-95-47-25-46-88(111(95)120-112(96)103)73-54-57-94-101-70-81(56-59-107(101)119-109(94)66-73)114(77-32-7-2-8-33-77)82-60-74(98-64-71-28-13-15-38-86(71)89-40-17-19-42-91(89)98)62-84(67-82)115(78-34-9-3-10-35-78)102-49-27-53-108-110(102)97-45-22-24-52-105(97)118-108/h1-70H. The van der Waals surface area contributed by atoms with Crippen molar-refractivity contribution >= 4 is 209 Å². The Morgan fingerprint density at radius 2 is 0.542 bits per heavy atom. The van der Waals surface area contributed by atoms with E-state index in [1.54, 1.807) is 0 Å². The highest BCUT2D eigenvalue weighted by molar-refractivity contribution is 7.27. The van der Waals surface area contributed by atoms with Crippen LogP contribution in [0.15, 0.2) is 438 Å². The van der Waals surface area contributed by atoms with E-state index in [1.165, 1.54) is 63.3 Å². The number of hydrogen-bond donors (Lipinski definition) is 0. The molecule has 0 aliphatic carbocycles. The molecule has 0 amide bonds. The first kappa shape index (κ1) is 68.6. The largest absolute Gasteiger partial charge is 0.456 e. The minimum Gasteiger partial charge on any atom is -0.456 e. The molecule has 4 heterocycles. The SMILES string of the molecule is c1ccc(N(c2cc(-c3cc4ccccc4c4ccccc34)cc(N(c3ccccc3)c3cccc4c3sc3c(-c5ccc6c(c5)oc5ccc(N(c7ccccc7)c7cc(-c8cc9ccccc9c9ccccc89)cc(N(c8ccccc8)c8cccc9oc%10ccccc%10c89)c7)cc56)cccc34)c2)c2ccc3oc4ccccc4c3c2)cc1. The molecule has 0 bridgehead atoms. The first-order valence-electron chi connectivity index (χ1n) is 40.7. The quantitative estimate of drug-likeness (QED) is 0.0948. The molecule has 0 saturated heterocycles. The second-order valence-corrected chi connectivity index (χ2v) is 32.0. The van der Waals surface area contributed by atoms with Crippen LogP contribution in [0.4, 0.5) is 68.2 Å². The van der Waals surface area contributed by atoms with Crippen LogP contribution < -0.4 is 19.6 Å². The van der Waals surface area contributed by atoms with E-state index < -0.39 is 0 Å². The summed E-state index contributed by atoms with van der Waals surface area (Å²) in [7, 11) is 0. The number of benzene rings is 20. The maximum atomic E-state index is 7.10. The fourth-order valence-corrected chi connectivity index (χ4v) is 20.1. The summed E-state index contributed by atoms with van der Waals surface area (Å²) in [5.74, 6) is 0. The average Bonchev–Trinajstić information content (AvgIpc) is 1.16. The lowest BCUT2D eigenvalue weighted by molar-refractivity contribution is 0.668. The highest BCUT2D eigenvalue weighted by Crippen LogP contribution is 2.54. The minimum absolute atomic E-state index is 0.804. The van der Waals surface area contributed by atoms with Gasteiger partial charge in [0, 0.05) is 99.3 Å². The molecular weight excluding hydrogens is 1480 g/mol. The van der Waals surface area contributed by atoms with Crippen molar-refractivity contribution < 1.29 is 13.3 Å². The summed E-state index contributed by atoms with van der Waals surface area (Å²) in [5.41, 5.74) is 23.8. The van der Waals surface area contributed by atoms with Crippen molar-refractivity contribution in [1.82, 2.24) is 0 Å². The molecule has 0 radical (unpaired) electrons. The number of hydrogen-bond acceptors (Lipinski definition) is 8. The van der Waals surface area contributed by atoms with Gasteiger partial charge in [-0.1, -0.05) is 249 Å². The third-order valence-corrected chi connectivity index (χ3v) is 25.3. The highest BCUT2D eigenvalue weighted by atomic mass is 32.1. The molecule has 0 atom stereocenters. The number of para-hydroxylation sites is 6. The Balaban J connectivity index is 0.662. The van der Waals surface area contributed by atoms with Gasteiger partial charge in [0.1, 0.15) is 33.5 Å². The average molecular weight is 1550 g/mol. The predicted octanol–water partition coefficient (Wildman–Crippen LogP) is 33.2. The number of fused-ring (bicyclic) bond motifs is 18. The molecule has 0 spiro atoms. The molecule has 7 nitrogen and oxygen atoms in total. The topological polar surface area (TPSA) is 52.4 Å². The fraction of sp³-hybridized carbons (Fsp3) is 0. The molecule has 0 saturated carbocycles. The molecule has 24 rings (SSSR count). The number of anilines is 12. The van der Waals surface area contributed by atoms with Crippen molar-refractivity contribution in [3.8, 4) is 33.4 Å². The van der Waals surface area contributed by atoms with E-state index in [9.17, 15) is 0 Å². The van der Waals surface area contributed by atoms with Gasteiger partial charge in [0.25, 0.3) is 0 Å². The summed E-state index contributed by atoms with van der Waals surface area (Å²) >= 11 is 1.85. The van der Waals surface area contributed by atoms with Gasteiger partial charge in [0.15, 0.2) is 0 Å². The van der Waals surface area contributed by atoms with Gasteiger partial charge < -0.3 is 32.9 Å². The number of nitrogens with zero attached hydrogens (tertiary/aromatic N) is 4. The Morgan fingerprint density at radius 1 is 0.167 bits per heavy atom. The molecular formula is C112H70N4O3S. The van der Waals surface area contributed by atoms with Crippen molar-refractivity contribution in [2.24, 2.45) is 0 Å². The van der Waals surface area contributed by atoms with Gasteiger partial charge >= 0.3 is 0 Å². The molecule has 120 heavy (non-hydrogen) atoms. The summed E-state index contributed by atoms with van der Waals surface area (Å²) in [4.78, 5) is 9.69. The zero-order valence-electron chi connectivity index (χ0n) is 64.8. The van der Waals surface area contributed by atoms with E-state index in [2.05, 4.69) is 432 Å². The van der Waals surface area contributed by atoms with Crippen LogP contribution in [0.25, 0.3) is 162 Å². The van der Waals surface area contributed by atoms with E-state index in [0.29, 0.717) is 0 Å². The lowest BCUT2D eigenvalue weighted by atomic mass is 9.92. The van der Waals surface area contributed by atoms with Crippen LogP contribution in [-0.2, 0) is 0 Å². The van der Waals surface area contributed by atoms with Gasteiger partial charge in [-0.3, -0.25) is 0 Å². The van der Waals surface area contributed by atoms with Gasteiger partial charge in [-0.2, -0.15) is 0 Å². The molecule has 0 fully saturated rings. The van der Waals surface area contributed by atoms with Crippen LogP contribution in [0.3, 0.4) is 0 Å². The third kappa shape index (κ3) is 11.4. The zero-order chi connectivity index (χ0) is 78.9. The van der Waals surface area contributed by atoms with Gasteiger partial charge in [-0.15, -0.1) is 11.3 Å². The van der Waals surface area contributed by atoms with Crippen LogP contribution >= 0.6 is 11.3 Å². The molecule has 4 aromatic heterocycles. The fourth-order valence-electron chi connectivity index (χ4n) is 18.7. The van der Waals surface area contributed by atoms with E-state index in [1.807, 2.05) is 23.5 Å². The molecule has 24 aromatic rings. The third-order valence-electron chi connectivity index (χ3n) is 24.1. The van der Waals surface area contributed by atoms with E-state index in [-0.39, 0.29) is 0 Å². The van der Waals surface area contributed by atoms with Gasteiger partial charge in [-0.25, -0.2) is 0 Å². The van der Waals surface area contributed by atoms with Crippen LogP contribution in [0, 0.1) is 0 Å². The Kier molecular flexibility index (Phi) is 16.0. The molecule has 8 heteroatoms. The predicted molar refractivity (Wildman–Crippen MR) is 506 cm³/mol. The summed E-state index contributed by atoms with van der Waals surface area (Å²) < 4.78 is 22.6. The van der Waals surface area contributed by atoms with E-state index in [0.717, 1.165) is 167 Å². The van der Waals surface area contributed by atoms with Crippen LogP contribution in [0.5, 0.6) is 0 Å². The summed E-state index contributed by atoms with van der Waals surface area (Å²) in [5, 5.41) is 18.2. The van der Waals surface area contributed by atoms with Crippen molar-refractivity contribution in [3.05, 3.63) is 425 Å². The lowest BCUT2D eigenvalue weighted by Gasteiger charge is -2.31. The van der Waals surface area contributed by atoms with Crippen molar-refractivity contribution in [2.75, 3.05) is 19.6 Å². The monoisotopic (exact) mass is 1550 g/mol. The normalized spacial score (nSPS) is 11.8. The summed E-state index contributed by atoms with van der Waals surface area (Å²) in [6.07, 6.45) is 0. The smallest absolute Gasteiger partial charge is 0.137 e. The second kappa shape index (κ2) is 28.0. The maximum absolute atomic E-state index is 7.10. The molecule has 0 aliphatic heterocycles. The molecule has 0 N–H and O–H groups in total. The van der Waals surface area contributed by atoms with Crippen molar-refractivity contribution in [2.45, 2.75) is 0 Å².